The Morgan fingerprint density at radius 2 is 2.25 bits per heavy atom. The van der Waals surface area contributed by atoms with Crippen molar-refractivity contribution < 1.29 is 18.3 Å². The molecule has 1 fully saturated rings. The summed E-state index contributed by atoms with van der Waals surface area (Å²) in [5.41, 5.74) is 0.326. The molecule has 1 saturated heterocycles. The van der Waals surface area contributed by atoms with E-state index in [0.29, 0.717) is 12.0 Å². The fourth-order valence-electron chi connectivity index (χ4n) is 2.25. The number of halogens is 1. The van der Waals surface area contributed by atoms with Crippen molar-refractivity contribution in [2.24, 2.45) is 0 Å². The van der Waals surface area contributed by atoms with E-state index in [1.807, 2.05) is 0 Å². The Morgan fingerprint density at radius 3 is 2.75 bits per heavy atom. The van der Waals surface area contributed by atoms with Crippen LogP contribution in [-0.4, -0.2) is 60.0 Å². The van der Waals surface area contributed by atoms with Crippen LogP contribution < -0.4 is 0 Å². The molecule has 2 heterocycles. The third-order valence-corrected chi connectivity index (χ3v) is 5.20. The fraction of sp³-hybridized carbons (Fsp3) is 0.500. The lowest BCUT2D eigenvalue weighted by Gasteiger charge is -2.27. The first kappa shape index (κ1) is 15.2. The van der Waals surface area contributed by atoms with E-state index in [4.69, 9.17) is 16.7 Å². The highest BCUT2D eigenvalue weighted by molar-refractivity contribution is 7.91. The molecule has 8 heteroatoms. The maximum atomic E-state index is 12.4. The summed E-state index contributed by atoms with van der Waals surface area (Å²) in [6, 6.07) is 2.64. The number of carbonyl (C=O) groups excluding carboxylic acids is 1. The van der Waals surface area contributed by atoms with Gasteiger partial charge < -0.3 is 10.0 Å². The summed E-state index contributed by atoms with van der Waals surface area (Å²) in [6.45, 7) is -0.120. The Labute approximate surface area is 122 Å². The summed E-state index contributed by atoms with van der Waals surface area (Å²) in [7, 11) is -3.09. The van der Waals surface area contributed by atoms with Gasteiger partial charge in [0.25, 0.3) is 5.91 Å². The Kier molecular flexibility index (Phi) is 4.62. The first-order valence-corrected chi connectivity index (χ1v) is 8.37. The van der Waals surface area contributed by atoms with E-state index in [1.54, 1.807) is 0 Å². The minimum absolute atomic E-state index is 0.0558. The number of hydrogen-bond acceptors (Lipinski definition) is 5. The molecule has 1 aromatic heterocycles. The number of rotatable bonds is 4. The van der Waals surface area contributed by atoms with Crippen molar-refractivity contribution in [3.8, 4) is 0 Å². The average molecular weight is 319 g/mol. The van der Waals surface area contributed by atoms with Gasteiger partial charge in [-0.05, 0) is 18.6 Å². The molecule has 6 nitrogen and oxygen atoms in total. The van der Waals surface area contributed by atoms with Gasteiger partial charge in [0.1, 0.15) is 5.15 Å². The second kappa shape index (κ2) is 6.07. The van der Waals surface area contributed by atoms with Crippen molar-refractivity contribution in [1.82, 2.24) is 9.88 Å². The Balaban J connectivity index is 2.20. The van der Waals surface area contributed by atoms with Crippen LogP contribution in [0, 0.1) is 0 Å². The van der Waals surface area contributed by atoms with Crippen molar-refractivity contribution in [3.63, 3.8) is 0 Å². The molecule has 2 rings (SSSR count). The number of carbonyl (C=O) groups is 1. The van der Waals surface area contributed by atoms with Crippen LogP contribution in [0.3, 0.4) is 0 Å². The highest BCUT2D eigenvalue weighted by Gasteiger charge is 2.34. The summed E-state index contributed by atoms with van der Waals surface area (Å²) in [5, 5.41) is 9.36. The van der Waals surface area contributed by atoms with Gasteiger partial charge in [0, 0.05) is 18.8 Å². The zero-order chi connectivity index (χ0) is 14.8. The van der Waals surface area contributed by atoms with Crippen LogP contribution in [-0.2, 0) is 9.84 Å². The van der Waals surface area contributed by atoms with Crippen molar-refractivity contribution >= 4 is 27.3 Å². The molecule has 1 amide bonds. The number of aliphatic hydroxyl groups excluding tert-OH is 1. The van der Waals surface area contributed by atoms with Crippen LogP contribution in [0.2, 0.25) is 5.15 Å². The van der Waals surface area contributed by atoms with Crippen LogP contribution in [0.5, 0.6) is 0 Å². The number of hydrogen-bond donors (Lipinski definition) is 1. The maximum absolute atomic E-state index is 12.4. The fourth-order valence-corrected chi connectivity index (χ4v) is 4.09. The molecule has 1 unspecified atom stereocenters. The Morgan fingerprint density at radius 1 is 1.50 bits per heavy atom. The molecule has 1 aliphatic rings. The topological polar surface area (TPSA) is 87.6 Å². The van der Waals surface area contributed by atoms with Gasteiger partial charge in [-0.2, -0.15) is 0 Å². The van der Waals surface area contributed by atoms with Crippen LogP contribution in [0.15, 0.2) is 18.3 Å². The normalized spacial score (nSPS) is 20.8. The molecule has 0 saturated carbocycles. The minimum Gasteiger partial charge on any atom is -0.395 e. The van der Waals surface area contributed by atoms with Crippen molar-refractivity contribution in [2.45, 2.75) is 12.5 Å². The number of amides is 1. The van der Waals surface area contributed by atoms with Crippen LogP contribution in [0.25, 0.3) is 0 Å². The van der Waals surface area contributed by atoms with Gasteiger partial charge in [0.15, 0.2) is 9.84 Å². The summed E-state index contributed by atoms with van der Waals surface area (Å²) < 4.78 is 23.0. The lowest BCUT2D eigenvalue weighted by Crippen LogP contribution is -2.42. The first-order valence-electron chi connectivity index (χ1n) is 6.17. The predicted molar refractivity (Wildman–Crippen MR) is 74.4 cm³/mol. The number of nitrogens with zero attached hydrogens (tertiary/aromatic N) is 2. The van der Waals surface area contributed by atoms with Crippen LogP contribution in [0.1, 0.15) is 16.8 Å². The molecule has 20 heavy (non-hydrogen) atoms. The largest absolute Gasteiger partial charge is 0.395 e. The lowest BCUT2D eigenvalue weighted by atomic mass is 10.1. The third-order valence-electron chi connectivity index (χ3n) is 3.23. The lowest BCUT2D eigenvalue weighted by molar-refractivity contribution is 0.0655. The third kappa shape index (κ3) is 3.47. The summed E-state index contributed by atoms with van der Waals surface area (Å²) in [5.74, 6) is -0.323. The highest BCUT2D eigenvalue weighted by Crippen LogP contribution is 2.20. The molecule has 0 aromatic carbocycles. The van der Waals surface area contributed by atoms with Gasteiger partial charge in [-0.3, -0.25) is 4.79 Å². The van der Waals surface area contributed by atoms with Crippen LogP contribution in [0.4, 0.5) is 0 Å². The molecular formula is C12H15ClN2O4S. The molecule has 0 radical (unpaired) electrons. The molecule has 1 aliphatic heterocycles. The van der Waals surface area contributed by atoms with Gasteiger partial charge in [-0.15, -0.1) is 0 Å². The number of aromatic nitrogens is 1. The Bertz CT molecular complexity index is 588. The van der Waals surface area contributed by atoms with E-state index in [9.17, 15) is 13.2 Å². The van der Waals surface area contributed by atoms with Gasteiger partial charge in [-0.1, -0.05) is 11.6 Å². The van der Waals surface area contributed by atoms with E-state index in [1.165, 1.54) is 23.2 Å². The van der Waals surface area contributed by atoms with Crippen molar-refractivity contribution in [1.29, 1.82) is 0 Å². The second-order valence-electron chi connectivity index (χ2n) is 4.65. The van der Waals surface area contributed by atoms with Crippen molar-refractivity contribution in [3.05, 3.63) is 29.0 Å². The van der Waals surface area contributed by atoms with Gasteiger partial charge >= 0.3 is 0 Å². The molecule has 110 valence electrons. The summed E-state index contributed by atoms with van der Waals surface area (Å²) in [6.07, 6.45) is 1.74. The van der Waals surface area contributed by atoms with E-state index < -0.39 is 15.9 Å². The Hall–Kier alpha value is -1.18. The average Bonchev–Trinajstić information content (AvgIpc) is 2.76. The minimum atomic E-state index is -3.09. The maximum Gasteiger partial charge on any atom is 0.255 e. The highest BCUT2D eigenvalue weighted by atomic mass is 35.5. The van der Waals surface area contributed by atoms with Gasteiger partial charge in [0.05, 0.1) is 23.7 Å². The smallest absolute Gasteiger partial charge is 0.255 e. The summed E-state index contributed by atoms with van der Waals surface area (Å²) >= 11 is 5.67. The van der Waals surface area contributed by atoms with Gasteiger partial charge in [-0.25, -0.2) is 13.4 Å². The van der Waals surface area contributed by atoms with E-state index in [0.717, 1.165) is 0 Å². The zero-order valence-electron chi connectivity index (χ0n) is 10.7. The molecular weight excluding hydrogens is 304 g/mol. The van der Waals surface area contributed by atoms with Gasteiger partial charge in [0.2, 0.25) is 0 Å². The first-order chi connectivity index (χ1) is 9.43. The predicted octanol–water partition coefficient (Wildman–Crippen LogP) is 0.357. The quantitative estimate of drug-likeness (QED) is 0.810. The van der Waals surface area contributed by atoms with Crippen molar-refractivity contribution in [2.75, 3.05) is 24.7 Å². The SMILES string of the molecule is O=C(c1ccc(Cl)nc1)N(CCO)C1CCS(=O)(=O)C1. The second-order valence-corrected chi connectivity index (χ2v) is 7.26. The number of pyridine rings is 1. The monoisotopic (exact) mass is 318 g/mol. The molecule has 1 N–H and O–H groups in total. The number of aliphatic hydroxyl groups is 1. The molecule has 0 bridgehead atoms. The van der Waals surface area contributed by atoms with E-state index in [-0.39, 0.29) is 35.7 Å². The van der Waals surface area contributed by atoms with Crippen LogP contribution >= 0.6 is 11.6 Å². The standard InChI is InChI=1S/C12H15ClN2O4S/c13-11-2-1-9(7-14-11)12(17)15(4-5-16)10-3-6-20(18,19)8-10/h1-2,7,10,16H,3-6,8H2. The zero-order valence-corrected chi connectivity index (χ0v) is 12.3. The van der Waals surface area contributed by atoms with E-state index >= 15 is 0 Å². The van der Waals surface area contributed by atoms with E-state index in [2.05, 4.69) is 4.98 Å². The summed E-state index contributed by atoms with van der Waals surface area (Å²) in [4.78, 5) is 17.6. The molecule has 0 aliphatic carbocycles. The molecule has 0 spiro atoms. The molecule has 1 aromatic rings. The molecule has 1 atom stereocenters. The number of sulfone groups is 1.